The van der Waals surface area contributed by atoms with E-state index in [9.17, 15) is 9.50 Å². The number of fused-ring (bicyclic) bond motifs is 1. The number of hydrogen-bond donors (Lipinski definition) is 1. The molecule has 4 heteroatoms. The van der Waals surface area contributed by atoms with Crippen LogP contribution in [-0.4, -0.2) is 15.1 Å². The number of aliphatic hydroxyl groups excluding tert-OH is 1. The van der Waals surface area contributed by atoms with Gasteiger partial charge >= 0.3 is 0 Å². The van der Waals surface area contributed by atoms with Crippen LogP contribution in [0, 0.1) is 12.7 Å². The van der Waals surface area contributed by atoms with Crippen LogP contribution in [0.15, 0.2) is 42.9 Å². The van der Waals surface area contributed by atoms with Gasteiger partial charge in [-0.1, -0.05) is 12.1 Å². The Hall–Kier alpha value is -2.33. The van der Waals surface area contributed by atoms with Gasteiger partial charge in [-0.15, -0.1) is 0 Å². The summed E-state index contributed by atoms with van der Waals surface area (Å²) >= 11 is 0. The molecule has 20 heavy (non-hydrogen) atoms. The van der Waals surface area contributed by atoms with Crippen LogP contribution < -0.4 is 0 Å². The molecule has 0 bridgehead atoms. The quantitative estimate of drug-likeness (QED) is 0.776. The van der Waals surface area contributed by atoms with Gasteiger partial charge in [0.15, 0.2) is 0 Å². The molecule has 0 aliphatic heterocycles. The molecule has 1 N–H and O–H groups in total. The summed E-state index contributed by atoms with van der Waals surface area (Å²) in [4.78, 5) is 8.06. The molecule has 100 valence electrons. The van der Waals surface area contributed by atoms with Gasteiger partial charge in [-0.3, -0.25) is 9.97 Å². The maximum absolute atomic E-state index is 13.7. The van der Waals surface area contributed by atoms with Gasteiger partial charge in [0.2, 0.25) is 0 Å². The van der Waals surface area contributed by atoms with E-state index in [0.29, 0.717) is 16.8 Å². The topological polar surface area (TPSA) is 46.0 Å². The van der Waals surface area contributed by atoms with Crippen LogP contribution in [-0.2, 0) is 6.61 Å². The van der Waals surface area contributed by atoms with E-state index in [-0.39, 0.29) is 12.4 Å². The van der Waals surface area contributed by atoms with Crippen LogP contribution in [0.25, 0.3) is 21.9 Å². The van der Waals surface area contributed by atoms with Gasteiger partial charge in [-0.05, 0) is 35.6 Å². The lowest BCUT2D eigenvalue weighted by molar-refractivity contribution is 0.277. The highest BCUT2D eigenvalue weighted by molar-refractivity contribution is 5.87. The lowest BCUT2D eigenvalue weighted by atomic mass is 9.97. The van der Waals surface area contributed by atoms with Crippen LogP contribution in [0.1, 0.15) is 11.3 Å². The molecule has 0 aliphatic rings. The summed E-state index contributed by atoms with van der Waals surface area (Å²) in [6, 6.07) is 7.72. The van der Waals surface area contributed by atoms with Crippen molar-refractivity contribution < 1.29 is 9.50 Å². The van der Waals surface area contributed by atoms with Gasteiger partial charge in [-0.25, -0.2) is 4.39 Å². The van der Waals surface area contributed by atoms with Crippen molar-refractivity contribution in [2.75, 3.05) is 0 Å². The molecule has 0 radical (unpaired) electrons. The normalized spacial score (nSPS) is 10.9. The molecule has 0 unspecified atom stereocenters. The molecule has 0 spiro atoms. The molecule has 1 aromatic carbocycles. The first-order valence-electron chi connectivity index (χ1n) is 6.29. The molecule has 0 saturated carbocycles. The minimum absolute atomic E-state index is 0.221. The summed E-state index contributed by atoms with van der Waals surface area (Å²) in [5, 5.41) is 11.4. The molecular formula is C16H13FN2O. The summed E-state index contributed by atoms with van der Waals surface area (Å²) in [6.45, 7) is 1.47. The zero-order valence-corrected chi connectivity index (χ0v) is 11.0. The smallest absolute Gasteiger partial charge is 0.145 e. The summed E-state index contributed by atoms with van der Waals surface area (Å²) in [7, 11) is 0. The molecule has 3 aromatic rings. The average molecular weight is 268 g/mol. The van der Waals surface area contributed by atoms with E-state index in [1.807, 2.05) is 24.3 Å². The number of pyridine rings is 2. The third kappa shape index (κ3) is 2.04. The van der Waals surface area contributed by atoms with E-state index in [1.54, 1.807) is 19.3 Å². The molecule has 0 saturated heterocycles. The van der Waals surface area contributed by atoms with Gasteiger partial charge in [0.05, 0.1) is 18.5 Å². The molecular weight excluding hydrogens is 255 g/mol. The van der Waals surface area contributed by atoms with E-state index < -0.39 is 0 Å². The van der Waals surface area contributed by atoms with Crippen molar-refractivity contribution in [3.63, 3.8) is 0 Å². The Morgan fingerprint density at radius 1 is 1.15 bits per heavy atom. The summed E-state index contributed by atoms with van der Waals surface area (Å²) in [5.41, 5.74) is 2.46. The third-order valence-electron chi connectivity index (χ3n) is 3.43. The molecule has 0 atom stereocenters. The summed E-state index contributed by atoms with van der Waals surface area (Å²) in [5.74, 6) is -0.372. The maximum Gasteiger partial charge on any atom is 0.145 e. The lowest BCUT2D eigenvalue weighted by Gasteiger charge is -2.12. The van der Waals surface area contributed by atoms with Crippen molar-refractivity contribution in [3.05, 3.63) is 59.9 Å². The van der Waals surface area contributed by atoms with Crippen molar-refractivity contribution >= 4 is 10.8 Å². The zero-order chi connectivity index (χ0) is 14.1. The Morgan fingerprint density at radius 2 is 2.00 bits per heavy atom. The Labute approximate surface area is 115 Å². The number of nitrogens with zero attached hydrogens (tertiary/aromatic N) is 2. The summed E-state index contributed by atoms with van der Waals surface area (Å²) < 4.78 is 13.7. The van der Waals surface area contributed by atoms with E-state index in [4.69, 9.17) is 0 Å². The monoisotopic (exact) mass is 268 g/mol. The zero-order valence-electron chi connectivity index (χ0n) is 11.0. The largest absolute Gasteiger partial charge is 0.390 e. The van der Waals surface area contributed by atoms with E-state index in [1.165, 1.54) is 0 Å². The minimum atomic E-state index is -0.372. The summed E-state index contributed by atoms with van der Waals surface area (Å²) in [6.07, 6.45) is 4.64. The first-order chi connectivity index (χ1) is 9.70. The first-order valence-corrected chi connectivity index (χ1v) is 6.29. The van der Waals surface area contributed by atoms with Gasteiger partial charge in [0.1, 0.15) is 5.82 Å². The number of aliphatic hydroxyl groups is 1. The standard InChI is InChI=1S/C16H13FN2O/c1-10-14(17)8-19-15(9-20)16(10)12-3-2-11-4-5-18-7-13(11)6-12/h2-8,20H,9H2,1H3. The number of benzene rings is 1. The Balaban J connectivity index is 2.27. The maximum atomic E-state index is 13.7. The second-order valence-electron chi connectivity index (χ2n) is 4.65. The van der Waals surface area contributed by atoms with E-state index in [2.05, 4.69) is 9.97 Å². The Kier molecular flexibility index (Phi) is 3.16. The molecule has 0 amide bonds. The van der Waals surface area contributed by atoms with Crippen molar-refractivity contribution in [3.8, 4) is 11.1 Å². The van der Waals surface area contributed by atoms with Crippen LogP contribution in [0.2, 0.25) is 0 Å². The fraction of sp³-hybridized carbons (Fsp3) is 0.125. The van der Waals surface area contributed by atoms with Crippen molar-refractivity contribution in [2.45, 2.75) is 13.5 Å². The molecule has 0 aliphatic carbocycles. The fourth-order valence-electron chi connectivity index (χ4n) is 2.38. The Morgan fingerprint density at radius 3 is 2.80 bits per heavy atom. The molecule has 3 rings (SSSR count). The van der Waals surface area contributed by atoms with Crippen LogP contribution in [0.3, 0.4) is 0 Å². The van der Waals surface area contributed by atoms with E-state index in [0.717, 1.165) is 22.5 Å². The average Bonchev–Trinajstić information content (AvgIpc) is 2.49. The van der Waals surface area contributed by atoms with Gasteiger partial charge < -0.3 is 5.11 Å². The number of hydrogen-bond acceptors (Lipinski definition) is 3. The number of aromatic nitrogens is 2. The van der Waals surface area contributed by atoms with Gasteiger partial charge in [0, 0.05) is 23.3 Å². The molecule has 2 aromatic heterocycles. The van der Waals surface area contributed by atoms with Crippen molar-refractivity contribution in [1.29, 1.82) is 0 Å². The van der Waals surface area contributed by atoms with Gasteiger partial charge in [-0.2, -0.15) is 0 Å². The predicted octanol–water partition coefficient (Wildman–Crippen LogP) is 3.24. The second kappa shape index (κ2) is 4.98. The van der Waals surface area contributed by atoms with Crippen LogP contribution in [0.5, 0.6) is 0 Å². The second-order valence-corrected chi connectivity index (χ2v) is 4.65. The van der Waals surface area contributed by atoms with Crippen molar-refractivity contribution in [2.24, 2.45) is 0 Å². The third-order valence-corrected chi connectivity index (χ3v) is 3.43. The lowest BCUT2D eigenvalue weighted by Crippen LogP contribution is -1.99. The van der Waals surface area contributed by atoms with Gasteiger partial charge in [0.25, 0.3) is 0 Å². The predicted molar refractivity (Wildman–Crippen MR) is 75.6 cm³/mol. The Bertz CT molecular complexity index is 787. The fourth-order valence-corrected chi connectivity index (χ4v) is 2.38. The van der Waals surface area contributed by atoms with Crippen molar-refractivity contribution in [1.82, 2.24) is 9.97 Å². The highest BCUT2D eigenvalue weighted by Crippen LogP contribution is 2.30. The first kappa shape index (κ1) is 12.7. The minimum Gasteiger partial charge on any atom is -0.390 e. The van der Waals surface area contributed by atoms with Crippen LogP contribution in [0.4, 0.5) is 4.39 Å². The van der Waals surface area contributed by atoms with E-state index >= 15 is 0 Å². The highest BCUT2D eigenvalue weighted by atomic mass is 19.1. The highest BCUT2D eigenvalue weighted by Gasteiger charge is 2.13. The molecule has 3 nitrogen and oxygen atoms in total. The number of halogens is 1. The SMILES string of the molecule is Cc1c(F)cnc(CO)c1-c1ccc2ccncc2c1. The van der Waals surface area contributed by atoms with Crippen LogP contribution >= 0.6 is 0 Å². The number of rotatable bonds is 2. The molecule has 2 heterocycles. The molecule has 0 fully saturated rings.